The first-order chi connectivity index (χ1) is 11.1. The Morgan fingerprint density at radius 1 is 1.17 bits per heavy atom. The number of rotatable bonds is 2. The number of nitrogens with zero attached hydrogens (tertiary/aromatic N) is 2. The summed E-state index contributed by atoms with van der Waals surface area (Å²) in [5, 5.41) is 9.57. The van der Waals surface area contributed by atoms with Crippen LogP contribution in [-0.2, 0) is 17.1 Å². The molecule has 124 valence electrons. The molecule has 0 amide bonds. The second-order valence-corrected chi connectivity index (χ2v) is 5.51. The molecule has 0 bridgehead atoms. The molecule has 0 aromatic heterocycles. The van der Waals surface area contributed by atoms with Crippen LogP contribution < -0.4 is 10.4 Å². The molecule has 2 aromatic carbocycles. The van der Waals surface area contributed by atoms with E-state index < -0.39 is 5.82 Å². The molecular weight excluding hydrogens is 343 g/mol. The van der Waals surface area contributed by atoms with Crippen LogP contribution in [0, 0.1) is 5.82 Å². The Morgan fingerprint density at radius 3 is 2.38 bits per heavy atom. The van der Waals surface area contributed by atoms with Crippen molar-refractivity contribution in [3.63, 3.8) is 0 Å². The van der Waals surface area contributed by atoms with Gasteiger partial charge in [-0.25, -0.2) is 16.5 Å². The van der Waals surface area contributed by atoms with E-state index >= 15 is 0 Å². The van der Waals surface area contributed by atoms with Gasteiger partial charge in [0, 0.05) is 11.8 Å². The molecule has 1 aliphatic rings. The minimum atomic E-state index is -0.467. The number of allylic oxidation sites excluding steroid dienone is 2. The SMILES string of the molecule is CN(C)CC1=C/C(=c2/ccc(=C=[N-])c(F)c2)C=C1.[Fe+2].c1cc[cH-]c1. The van der Waals surface area contributed by atoms with Gasteiger partial charge in [0.05, 0.1) is 0 Å². The summed E-state index contributed by atoms with van der Waals surface area (Å²) in [6, 6.07) is 14.7. The van der Waals surface area contributed by atoms with Crippen molar-refractivity contribution in [2.75, 3.05) is 20.6 Å². The maximum absolute atomic E-state index is 13.5. The van der Waals surface area contributed by atoms with Gasteiger partial charge in [-0.1, -0.05) is 18.2 Å². The average Bonchev–Trinajstić information content (AvgIpc) is 3.21. The van der Waals surface area contributed by atoms with Gasteiger partial charge in [-0.15, -0.1) is 0 Å². The van der Waals surface area contributed by atoms with Crippen LogP contribution >= 0.6 is 0 Å². The van der Waals surface area contributed by atoms with Gasteiger partial charge in [-0.2, -0.15) is 18.2 Å². The van der Waals surface area contributed by atoms with Crippen LogP contribution in [0.1, 0.15) is 0 Å². The summed E-state index contributed by atoms with van der Waals surface area (Å²) in [6.45, 7) is 0.860. The molecule has 1 aliphatic carbocycles. The second-order valence-electron chi connectivity index (χ2n) is 5.51. The number of hydrogen-bond acceptors (Lipinski definition) is 1. The van der Waals surface area contributed by atoms with E-state index in [2.05, 4.69) is 4.90 Å². The molecule has 2 nitrogen and oxygen atoms in total. The van der Waals surface area contributed by atoms with Crippen molar-refractivity contribution in [2.24, 2.45) is 0 Å². The molecule has 0 N–H and O–H groups in total. The van der Waals surface area contributed by atoms with Crippen molar-refractivity contribution in [2.45, 2.75) is 0 Å². The van der Waals surface area contributed by atoms with Gasteiger partial charge in [-0.3, -0.25) is 5.87 Å². The molecule has 0 heterocycles. The summed E-state index contributed by atoms with van der Waals surface area (Å²) < 4.78 is 13.5. The minimum Gasteiger partial charge on any atom is -0.763 e. The van der Waals surface area contributed by atoms with Gasteiger partial charge in [0.1, 0.15) is 5.82 Å². The van der Waals surface area contributed by atoms with Crippen LogP contribution in [0.2, 0.25) is 0 Å². The van der Waals surface area contributed by atoms with Crippen molar-refractivity contribution in [3.05, 3.63) is 94.0 Å². The standard InChI is InChI=1S/C15H14FN2.C5H5.Fe/c1-18(2)10-11-3-4-12(7-11)13-5-6-14(9-17)15(16)8-13;1-2-4-5-3-1;/h3-8H,10H2,1-2H3;1-5H;/q2*-1;+2/b13-12-;;. The fourth-order valence-electron chi connectivity index (χ4n) is 2.24. The summed E-state index contributed by atoms with van der Waals surface area (Å²) in [4.78, 5) is 2.08. The fourth-order valence-corrected chi connectivity index (χ4v) is 2.24. The molecule has 3 rings (SSSR count). The van der Waals surface area contributed by atoms with E-state index in [9.17, 15) is 4.39 Å². The molecule has 24 heavy (non-hydrogen) atoms. The first-order valence-electron chi connectivity index (χ1n) is 7.37. The zero-order chi connectivity index (χ0) is 16.7. The van der Waals surface area contributed by atoms with Crippen LogP contribution in [0.3, 0.4) is 0 Å². The van der Waals surface area contributed by atoms with Crippen molar-refractivity contribution < 1.29 is 21.5 Å². The Morgan fingerprint density at radius 2 is 1.88 bits per heavy atom. The molecule has 0 radical (unpaired) electrons. The second kappa shape index (κ2) is 9.92. The normalized spacial score (nSPS) is 14.4. The van der Waals surface area contributed by atoms with Crippen molar-refractivity contribution in [1.29, 1.82) is 0 Å². The Kier molecular flexibility index (Phi) is 8.25. The molecule has 0 spiro atoms. The third kappa shape index (κ3) is 5.84. The van der Waals surface area contributed by atoms with Gasteiger partial charge in [0.2, 0.25) is 0 Å². The molecule has 0 saturated heterocycles. The molecule has 0 aliphatic heterocycles. The number of hydrogen-bond donors (Lipinski definition) is 0. The van der Waals surface area contributed by atoms with Crippen LogP contribution in [0.5, 0.6) is 0 Å². The average molecular weight is 362 g/mol. The topological polar surface area (TPSA) is 25.5 Å². The van der Waals surface area contributed by atoms with E-state index in [0.29, 0.717) is 0 Å². The Balaban J connectivity index is 0.000000412. The maximum atomic E-state index is 13.5. The van der Waals surface area contributed by atoms with E-state index in [4.69, 9.17) is 5.41 Å². The summed E-state index contributed by atoms with van der Waals surface area (Å²) in [5.74, 6) is 1.36. The molecule has 0 saturated carbocycles. The van der Waals surface area contributed by atoms with Crippen LogP contribution in [0.15, 0.2) is 72.3 Å². The van der Waals surface area contributed by atoms with Crippen LogP contribution in [0.4, 0.5) is 4.39 Å². The largest absolute Gasteiger partial charge is 2.00 e. The van der Waals surface area contributed by atoms with E-state index in [0.717, 1.165) is 17.3 Å². The molecular formula is C20H19FFeN2. The Bertz CT molecular complexity index is 825. The third-order valence-electron chi connectivity index (χ3n) is 3.30. The first kappa shape index (κ1) is 20.0. The quantitative estimate of drug-likeness (QED) is 0.458. The number of benzene rings is 1. The van der Waals surface area contributed by atoms with Gasteiger partial charge < -0.3 is 10.3 Å². The molecule has 0 atom stereocenters. The summed E-state index contributed by atoms with van der Waals surface area (Å²) in [6.07, 6.45) is 6.05. The monoisotopic (exact) mass is 362 g/mol. The van der Waals surface area contributed by atoms with Gasteiger partial charge in [0.15, 0.2) is 0 Å². The number of likely N-dealkylation sites (N-methyl/N-ethyl adjacent to an activating group) is 1. The predicted molar refractivity (Wildman–Crippen MR) is 94.3 cm³/mol. The first-order valence-corrected chi connectivity index (χ1v) is 7.37. The summed E-state index contributed by atoms with van der Waals surface area (Å²) in [7, 11) is 4.02. The molecule has 2 aromatic rings. The van der Waals surface area contributed by atoms with Gasteiger partial charge in [0.25, 0.3) is 0 Å². The zero-order valence-electron chi connectivity index (χ0n) is 13.7. The third-order valence-corrected chi connectivity index (χ3v) is 3.30. The van der Waals surface area contributed by atoms with Crippen molar-refractivity contribution in [3.8, 4) is 0 Å². The molecule has 0 fully saturated rings. The smallest absolute Gasteiger partial charge is 0.763 e. The van der Waals surface area contributed by atoms with Gasteiger partial charge >= 0.3 is 17.1 Å². The molecule has 0 unspecified atom stereocenters. The maximum Gasteiger partial charge on any atom is 2.00 e. The molecule has 4 heteroatoms. The van der Waals surface area contributed by atoms with Crippen LogP contribution in [-0.4, -0.2) is 31.4 Å². The summed E-state index contributed by atoms with van der Waals surface area (Å²) >= 11 is 0. The van der Waals surface area contributed by atoms with E-state index in [1.54, 1.807) is 6.07 Å². The van der Waals surface area contributed by atoms with Crippen LogP contribution in [0.25, 0.3) is 11.0 Å². The Hall–Kier alpha value is -2.09. The predicted octanol–water partition coefficient (Wildman–Crippen LogP) is 2.35. The van der Waals surface area contributed by atoms with Crippen molar-refractivity contribution in [1.82, 2.24) is 4.90 Å². The van der Waals surface area contributed by atoms with E-state index in [1.165, 1.54) is 17.7 Å². The Labute approximate surface area is 152 Å². The zero-order valence-corrected chi connectivity index (χ0v) is 14.8. The van der Waals surface area contributed by atoms with Crippen molar-refractivity contribution >= 4 is 11.4 Å². The van der Waals surface area contributed by atoms with Gasteiger partial charge in [-0.05, 0) is 48.7 Å². The number of halogens is 1. The van der Waals surface area contributed by atoms with E-state index in [1.807, 2.05) is 68.5 Å². The summed E-state index contributed by atoms with van der Waals surface area (Å²) in [5.41, 5.74) is 2.18. The minimum absolute atomic E-state index is 0. The fraction of sp³-hybridized carbons (Fsp3) is 0.150. The van der Waals surface area contributed by atoms with E-state index in [-0.39, 0.29) is 22.3 Å².